The summed E-state index contributed by atoms with van der Waals surface area (Å²) in [4.78, 5) is 8.20. The van der Waals surface area contributed by atoms with E-state index >= 15 is 0 Å². The van der Waals surface area contributed by atoms with Gasteiger partial charge in [0.15, 0.2) is 18.0 Å². The van der Waals surface area contributed by atoms with Crippen LogP contribution in [0.4, 0.5) is 14.6 Å². The summed E-state index contributed by atoms with van der Waals surface area (Å²) in [7, 11) is -4.32. The van der Waals surface area contributed by atoms with E-state index in [1.807, 2.05) is 0 Å². The first-order valence-corrected chi connectivity index (χ1v) is 11.0. The molecule has 1 aliphatic heterocycles. The topological polar surface area (TPSA) is 168 Å². The van der Waals surface area contributed by atoms with E-state index in [1.54, 1.807) is 6.07 Å². The molecule has 3 aromatic rings. The van der Waals surface area contributed by atoms with E-state index in [1.165, 1.54) is 18.2 Å². The maximum Gasteiger partial charge on any atom is 0.333 e. The number of nitrogens with zero attached hydrogens (tertiary/aromatic N) is 4. The molecule has 2 aromatic heterocycles. The Morgan fingerprint density at radius 2 is 2.06 bits per heavy atom. The lowest BCUT2D eigenvalue weighted by molar-refractivity contribution is -0.0456. The minimum Gasteiger partial charge on any atom is -0.387 e. The average molecular weight is 474 g/mol. The normalized spacial score (nSPS) is 24.1. The lowest BCUT2D eigenvalue weighted by atomic mass is 10.1. The van der Waals surface area contributed by atoms with Crippen molar-refractivity contribution in [2.45, 2.75) is 34.5 Å². The second-order valence-electron chi connectivity index (χ2n) is 6.52. The molecule has 15 heteroatoms. The maximum atomic E-state index is 14.9. The Balaban J connectivity index is 1.71. The van der Waals surface area contributed by atoms with Gasteiger partial charge in [0.05, 0.1) is 12.0 Å². The van der Waals surface area contributed by atoms with Crippen LogP contribution < -0.4 is 10.9 Å². The van der Waals surface area contributed by atoms with Gasteiger partial charge in [-0.3, -0.25) is 4.18 Å². The molecule has 1 saturated heterocycles. The molecule has 1 fully saturated rings. The van der Waals surface area contributed by atoms with E-state index in [0.717, 1.165) is 22.8 Å². The third-order valence-corrected chi connectivity index (χ3v) is 5.96. The molecule has 4 rings (SSSR count). The van der Waals surface area contributed by atoms with Crippen molar-refractivity contribution in [3.05, 3.63) is 36.4 Å². The molecule has 0 saturated carbocycles. The third-order valence-electron chi connectivity index (χ3n) is 4.46. The lowest BCUT2D eigenvalue weighted by Gasteiger charge is -2.14. The van der Waals surface area contributed by atoms with E-state index in [4.69, 9.17) is 15.6 Å². The zero-order chi connectivity index (χ0) is 22.3. The number of rotatable bonds is 6. The van der Waals surface area contributed by atoms with Crippen LogP contribution in [0.5, 0.6) is 0 Å². The summed E-state index contributed by atoms with van der Waals surface area (Å²) in [5, 5.41) is 19.6. The van der Waals surface area contributed by atoms with E-state index in [0.29, 0.717) is 0 Å². The first kappa shape index (κ1) is 21.8. The van der Waals surface area contributed by atoms with Crippen LogP contribution in [0.25, 0.3) is 11.0 Å². The van der Waals surface area contributed by atoms with Crippen LogP contribution >= 0.6 is 11.8 Å². The van der Waals surface area contributed by atoms with E-state index in [9.17, 15) is 22.3 Å². The van der Waals surface area contributed by atoms with Crippen molar-refractivity contribution in [3.63, 3.8) is 0 Å². The van der Waals surface area contributed by atoms with Crippen molar-refractivity contribution in [2.75, 3.05) is 12.3 Å². The molecule has 0 aliphatic carbocycles. The fourth-order valence-corrected chi connectivity index (χ4v) is 4.32. The summed E-state index contributed by atoms with van der Waals surface area (Å²) < 4.78 is 61.8. The Bertz CT molecular complexity index is 1230. The van der Waals surface area contributed by atoms with Gasteiger partial charge in [0.1, 0.15) is 35.2 Å². The Labute approximate surface area is 178 Å². The van der Waals surface area contributed by atoms with Crippen molar-refractivity contribution >= 4 is 38.9 Å². The predicted octanol–water partition coefficient (Wildman–Crippen LogP) is 0.515. The number of hydrogen-bond acceptors (Lipinski definition) is 10. The van der Waals surface area contributed by atoms with E-state index < -0.39 is 47.3 Å². The Morgan fingerprint density at radius 3 is 2.77 bits per heavy atom. The molecule has 0 unspecified atom stereocenters. The number of ether oxygens (including phenoxy) is 1. The van der Waals surface area contributed by atoms with Crippen LogP contribution in [0.3, 0.4) is 0 Å². The second kappa shape index (κ2) is 8.25. The Morgan fingerprint density at radius 1 is 1.32 bits per heavy atom. The molecular weight excluding hydrogens is 458 g/mol. The standard InChI is InChI=1S/C16H16F2N6O5S2/c17-7-3-1-2-4-9(7)30-15-10-13(19)21-6-22-14(10)24(23-15)16-11(18)12(25)8(29-16)5-28-31(20,26)27/h1-4,6,8,11-12,16,25H,5H2,(H2,19,21,22)(H2,20,26,27)/t8-,11+,12-,16-/m1/s1. The highest BCUT2D eigenvalue weighted by atomic mass is 32.2. The van der Waals surface area contributed by atoms with Crippen LogP contribution in [-0.4, -0.2) is 58.3 Å². The van der Waals surface area contributed by atoms with Gasteiger partial charge in [0, 0.05) is 4.90 Å². The quantitative estimate of drug-likeness (QED) is 0.458. The van der Waals surface area contributed by atoms with Crippen LogP contribution in [-0.2, 0) is 19.2 Å². The second-order valence-corrected chi connectivity index (χ2v) is 8.77. The minimum absolute atomic E-state index is 0.0261. The van der Waals surface area contributed by atoms with Crippen molar-refractivity contribution in [2.24, 2.45) is 5.14 Å². The SMILES string of the molecule is Nc1ncnc2c1c(Sc1ccccc1F)nn2[C@@H]1O[C@H](COS(N)(=O)=O)[C@@H](O)[C@@H]1F. The summed E-state index contributed by atoms with van der Waals surface area (Å²) in [6.07, 6.45) is -5.45. The molecule has 11 nitrogen and oxygen atoms in total. The van der Waals surface area contributed by atoms with Gasteiger partial charge in [-0.1, -0.05) is 23.9 Å². The minimum atomic E-state index is -4.32. The van der Waals surface area contributed by atoms with E-state index in [2.05, 4.69) is 19.2 Å². The fourth-order valence-electron chi connectivity index (χ4n) is 3.04. The molecular formula is C16H16F2N6O5S2. The molecule has 0 bridgehead atoms. The number of benzene rings is 1. The number of alkyl halides is 1. The van der Waals surface area contributed by atoms with Gasteiger partial charge in [-0.2, -0.15) is 13.5 Å². The molecule has 0 spiro atoms. The fraction of sp³-hybridized carbons (Fsp3) is 0.312. The number of hydrogen-bond donors (Lipinski definition) is 3. The molecule has 0 amide bonds. The molecule has 1 aliphatic rings. The van der Waals surface area contributed by atoms with Crippen LogP contribution in [0.1, 0.15) is 6.23 Å². The van der Waals surface area contributed by atoms with Crippen LogP contribution in [0, 0.1) is 5.82 Å². The molecule has 166 valence electrons. The highest BCUT2D eigenvalue weighted by Gasteiger charge is 2.47. The number of nitrogens with two attached hydrogens (primary N) is 2. The number of fused-ring (bicyclic) bond motifs is 1. The Kier molecular flexibility index (Phi) is 5.80. The zero-order valence-corrected chi connectivity index (χ0v) is 17.1. The monoisotopic (exact) mass is 474 g/mol. The van der Waals surface area contributed by atoms with Gasteiger partial charge in [0.2, 0.25) is 0 Å². The molecule has 4 atom stereocenters. The molecule has 1 aromatic carbocycles. The summed E-state index contributed by atoms with van der Waals surface area (Å²) in [5.41, 5.74) is 6.03. The summed E-state index contributed by atoms with van der Waals surface area (Å²) >= 11 is 0.926. The number of aliphatic hydroxyl groups is 1. The molecule has 3 heterocycles. The maximum absolute atomic E-state index is 14.9. The first-order chi connectivity index (χ1) is 14.7. The summed E-state index contributed by atoms with van der Waals surface area (Å²) in [6.45, 7) is -0.704. The average Bonchev–Trinajstić information content (AvgIpc) is 3.20. The van der Waals surface area contributed by atoms with Crippen molar-refractivity contribution in [1.29, 1.82) is 0 Å². The van der Waals surface area contributed by atoms with Crippen molar-refractivity contribution in [3.8, 4) is 0 Å². The van der Waals surface area contributed by atoms with Gasteiger partial charge in [-0.15, -0.1) is 0 Å². The zero-order valence-electron chi connectivity index (χ0n) is 15.5. The van der Waals surface area contributed by atoms with Gasteiger partial charge in [-0.25, -0.2) is 28.6 Å². The number of anilines is 1. The van der Waals surface area contributed by atoms with Crippen LogP contribution in [0.15, 0.2) is 40.5 Å². The largest absolute Gasteiger partial charge is 0.387 e. The highest BCUT2D eigenvalue weighted by molar-refractivity contribution is 7.99. The third kappa shape index (κ3) is 4.32. The summed E-state index contributed by atoms with van der Waals surface area (Å²) in [6, 6.07) is 5.96. The Hall–Kier alpha value is -2.43. The number of aliphatic hydroxyl groups excluding tert-OH is 1. The molecule has 31 heavy (non-hydrogen) atoms. The molecule has 0 radical (unpaired) electrons. The van der Waals surface area contributed by atoms with Gasteiger partial charge in [0.25, 0.3) is 0 Å². The number of aromatic nitrogens is 4. The van der Waals surface area contributed by atoms with Gasteiger partial charge in [-0.05, 0) is 12.1 Å². The number of nitrogen functional groups attached to an aromatic ring is 1. The van der Waals surface area contributed by atoms with Gasteiger partial charge < -0.3 is 15.6 Å². The van der Waals surface area contributed by atoms with E-state index in [-0.39, 0.29) is 26.8 Å². The van der Waals surface area contributed by atoms with Crippen molar-refractivity contribution in [1.82, 2.24) is 19.7 Å². The summed E-state index contributed by atoms with van der Waals surface area (Å²) in [5.74, 6) is -0.472. The molecule has 5 N–H and O–H groups in total. The smallest absolute Gasteiger partial charge is 0.333 e. The van der Waals surface area contributed by atoms with Crippen LogP contribution in [0.2, 0.25) is 0 Å². The lowest BCUT2D eigenvalue weighted by Crippen LogP contribution is -2.33. The highest BCUT2D eigenvalue weighted by Crippen LogP contribution is 2.39. The number of halogens is 2. The predicted molar refractivity (Wildman–Crippen MR) is 104 cm³/mol. The first-order valence-electron chi connectivity index (χ1n) is 8.71. The van der Waals surface area contributed by atoms with Gasteiger partial charge >= 0.3 is 10.3 Å². The van der Waals surface area contributed by atoms with Crippen molar-refractivity contribution < 1.29 is 31.2 Å².